The molecule has 0 radical (unpaired) electrons. The van der Waals surface area contributed by atoms with E-state index in [1.807, 2.05) is 30.3 Å². The Labute approximate surface area is 205 Å². The molecular weight excluding hydrogens is 461 g/mol. The van der Waals surface area contributed by atoms with Crippen LogP contribution in [0.25, 0.3) is 11.0 Å². The molecule has 0 fully saturated rings. The predicted octanol–water partition coefficient (Wildman–Crippen LogP) is 4.25. The molecule has 0 spiro atoms. The average Bonchev–Trinajstić information content (AvgIpc) is 3.57. The summed E-state index contributed by atoms with van der Waals surface area (Å²) in [6.45, 7) is -0.0212. The van der Waals surface area contributed by atoms with E-state index < -0.39 is 17.8 Å². The van der Waals surface area contributed by atoms with E-state index in [1.54, 1.807) is 36.4 Å². The summed E-state index contributed by atoms with van der Waals surface area (Å²) in [5.41, 5.74) is 2.31. The monoisotopic (exact) mass is 483 g/mol. The van der Waals surface area contributed by atoms with Gasteiger partial charge < -0.3 is 9.73 Å². The summed E-state index contributed by atoms with van der Waals surface area (Å²) in [5, 5.41) is 11.1. The van der Waals surface area contributed by atoms with Gasteiger partial charge in [-0.25, -0.2) is 9.07 Å². The van der Waals surface area contributed by atoms with Gasteiger partial charge in [0, 0.05) is 5.69 Å². The standard InChI is InChI=1S/C27H22FN5O3/c28-20-14-12-19(13-15-20)26(27(35)29-17-22-9-6-16-36-22)33(21-7-2-1-3-8-21)25(34)18-32-24-11-5-4-10-23(24)30-31-32/h1-16,26H,17-18H2,(H,29,35)/t26-/m1/s1. The molecular formula is C27H22FN5O3. The van der Waals surface area contributed by atoms with Crippen molar-refractivity contribution in [2.24, 2.45) is 0 Å². The third-order valence-corrected chi connectivity index (χ3v) is 5.72. The number of amides is 2. The van der Waals surface area contributed by atoms with Crippen molar-refractivity contribution < 1.29 is 18.4 Å². The number of fused-ring (bicyclic) bond motifs is 1. The van der Waals surface area contributed by atoms with Crippen LogP contribution in [-0.2, 0) is 22.7 Å². The average molecular weight is 484 g/mol. The van der Waals surface area contributed by atoms with Gasteiger partial charge in [-0.15, -0.1) is 5.10 Å². The van der Waals surface area contributed by atoms with Gasteiger partial charge in [-0.2, -0.15) is 0 Å². The highest BCUT2D eigenvalue weighted by atomic mass is 19.1. The maximum Gasteiger partial charge on any atom is 0.249 e. The molecule has 3 aromatic carbocycles. The number of benzene rings is 3. The summed E-state index contributed by atoms with van der Waals surface area (Å²) >= 11 is 0. The molecule has 0 unspecified atom stereocenters. The smallest absolute Gasteiger partial charge is 0.249 e. The molecule has 180 valence electrons. The van der Waals surface area contributed by atoms with Crippen molar-refractivity contribution in [2.45, 2.75) is 19.1 Å². The van der Waals surface area contributed by atoms with Gasteiger partial charge in [0.2, 0.25) is 11.8 Å². The molecule has 0 aliphatic carbocycles. The number of nitrogens with one attached hydrogen (secondary N) is 1. The number of aromatic nitrogens is 3. The van der Waals surface area contributed by atoms with Crippen molar-refractivity contribution in [1.82, 2.24) is 20.3 Å². The summed E-state index contributed by atoms with van der Waals surface area (Å²) < 4.78 is 20.6. The second kappa shape index (κ2) is 10.2. The van der Waals surface area contributed by atoms with E-state index in [2.05, 4.69) is 15.6 Å². The largest absolute Gasteiger partial charge is 0.467 e. The molecule has 0 aliphatic rings. The quantitative estimate of drug-likeness (QED) is 0.356. The third kappa shape index (κ3) is 4.85. The van der Waals surface area contributed by atoms with Gasteiger partial charge in [-0.3, -0.25) is 14.5 Å². The summed E-state index contributed by atoms with van der Waals surface area (Å²) in [6, 6.07) is 24.1. The number of hydrogen-bond acceptors (Lipinski definition) is 5. The normalized spacial score (nSPS) is 11.8. The molecule has 5 aromatic rings. The second-order valence-corrected chi connectivity index (χ2v) is 8.09. The Morgan fingerprint density at radius 1 is 0.944 bits per heavy atom. The van der Waals surface area contributed by atoms with E-state index in [9.17, 15) is 14.0 Å². The molecule has 0 saturated carbocycles. The Kier molecular flexibility index (Phi) is 6.53. The number of nitrogens with zero attached hydrogens (tertiary/aromatic N) is 4. The number of anilines is 1. The SMILES string of the molecule is O=C(NCc1ccco1)[C@@H](c1ccc(F)cc1)N(C(=O)Cn1nnc2ccccc21)c1ccccc1. The maximum atomic E-state index is 13.8. The van der Waals surface area contributed by atoms with Crippen LogP contribution in [0.15, 0.2) is 102 Å². The van der Waals surface area contributed by atoms with E-state index in [1.165, 1.54) is 40.1 Å². The topological polar surface area (TPSA) is 93.3 Å². The Bertz CT molecular complexity index is 1470. The van der Waals surface area contributed by atoms with Crippen LogP contribution in [0.3, 0.4) is 0 Å². The fraction of sp³-hybridized carbons (Fsp3) is 0.111. The number of furan rings is 1. The van der Waals surface area contributed by atoms with Gasteiger partial charge in [-0.1, -0.05) is 47.7 Å². The molecule has 2 aromatic heterocycles. The molecule has 1 N–H and O–H groups in total. The molecule has 2 heterocycles. The minimum absolute atomic E-state index is 0.133. The number of carbonyl (C=O) groups excluding carboxylic acids is 2. The first kappa shape index (κ1) is 23.0. The highest BCUT2D eigenvalue weighted by Gasteiger charge is 2.33. The van der Waals surface area contributed by atoms with E-state index in [-0.39, 0.29) is 19.0 Å². The zero-order chi connectivity index (χ0) is 24.9. The van der Waals surface area contributed by atoms with Crippen LogP contribution in [0, 0.1) is 5.82 Å². The number of para-hydroxylation sites is 2. The van der Waals surface area contributed by atoms with Crippen LogP contribution in [0.2, 0.25) is 0 Å². The summed E-state index contributed by atoms with van der Waals surface area (Å²) in [6.07, 6.45) is 1.52. The first-order chi connectivity index (χ1) is 17.6. The van der Waals surface area contributed by atoms with Crippen molar-refractivity contribution in [2.75, 3.05) is 4.90 Å². The fourth-order valence-corrected chi connectivity index (χ4v) is 4.01. The van der Waals surface area contributed by atoms with Gasteiger partial charge in [-0.05, 0) is 54.1 Å². The molecule has 9 heteroatoms. The zero-order valence-corrected chi connectivity index (χ0v) is 19.1. The summed E-state index contributed by atoms with van der Waals surface area (Å²) in [7, 11) is 0. The van der Waals surface area contributed by atoms with Crippen molar-refractivity contribution in [3.05, 3.63) is 114 Å². The van der Waals surface area contributed by atoms with Crippen LogP contribution >= 0.6 is 0 Å². The Morgan fingerprint density at radius 3 is 2.44 bits per heavy atom. The van der Waals surface area contributed by atoms with Crippen molar-refractivity contribution in [3.8, 4) is 0 Å². The lowest BCUT2D eigenvalue weighted by Gasteiger charge is -2.31. The highest BCUT2D eigenvalue weighted by molar-refractivity contribution is 6.01. The zero-order valence-electron chi connectivity index (χ0n) is 19.1. The number of rotatable bonds is 8. The Hall–Kier alpha value is -4.79. The first-order valence-corrected chi connectivity index (χ1v) is 11.3. The molecule has 36 heavy (non-hydrogen) atoms. The molecule has 2 amide bonds. The van der Waals surface area contributed by atoms with Gasteiger partial charge in [0.25, 0.3) is 0 Å². The minimum Gasteiger partial charge on any atom is -0.467 e. The molecule has 0 aliphatic heterocycles. The molecule has 8 nitrogen and oxygen atoms in total. The Morgan fingerprint density at radius 2 is 1.69 bits per heavy atom. The van der Waals surface area contributed by atoms with Gasteiger partial charge in [0.1, 0.15) is 29.7 Å². The first-order valence-electron chi connectivity index (χ1n) is 11.3. The molecule has 0 bridgehead atoms. The van der Waals surface area contributed by atoms with E-state index in [4.69, 9.17) is 4.42 Å². The number of carbonyl (C=O) groups is 2. The van der Waals surface area contributed by atoms with Crippen LogP contribution in [0.5, 0.6) is 0 Å². The van der Waals surface area contributed by atoms with Crippen molar-refractivity contribution >= 4 is 28.5 Å². The van der Waals surface area contributed by atoms with Gasteiger partial charge in [0.15, 0.2) is 0 Å². The molecule has 5 rings (SSSR count). The second-order valence-electron chi connectivity index (χ2n) is 8.09. The van der Waals surface area contributed by atoms with Crippen LogP contribution in [-0.4, -0.2) is 26.8 Å². The lowest BCUT2D eigenvalue weighted by Crippen LogP contribution is -2.45. The highest BCUT2D eigenvalue weighted by Crippen LogP contribution is 2.29. The predicted molar refractivity (Wildman–Crippen MR) is 131 cm³/mol. The minimum atomic E-state index is -1.08. The van der Waals surface area contributed by atoms with Crippen molar-refractivity contribution in [1.29, 1.82) is 0 Å². The van der Waals surface area contributed by atoms with Crippen LogP contribution in [0.4, 0.5) is 10.1 Å². The van der Waals surface area contributed by atoms with Crippen LogP contribution < -0.4 is 10.2 Å². The summed E-state index contributed by atoms with van der Waals surface area (Å²) in [5.74, 6) is -0.717. The lowest BCUT2D eigenvalue weighted by molar-refractivity contribution is -0.127. The molecule has 0 saturated heterocycles. The van der Waals surface area contributed by atoms with Gasteiger partial charge in [0.05, 0.1) is 18.3 Å². The Balaban J connectivity index is 1.53. The third-order valence-electron chi connectivity index (χ3n) is 5.72. The van der Waals surface area contributed by atoms with Gasteiger partial charge >= 0.3 is 0 Å². The fourth-order valence-electron chi connectivity index (χ4n) is 4.01. The molecule has 1 atom stereocenters. The van der Waals surface area contributed by atoms with E-state index in [0.29, 0.717) is 28.0 Å². The van der Waals surface area contributed by atoms with E-state index >= 15 is 0 Å². The van der Waals surface area contributed by atoms with E-state index in [0.717, 1.165) is 0 Å². The van der Waals surface area contributed by atoms with Crippen molar-refractivity contribution in [3.63, 3.8) is 0 Å². The number of hydrogen-bond donors (Lipinski definition) is 1. The number of halogens is 1. The summed E-state index contributed by atoms with van der Waals surface area (Å²) in [4.78, 5) is 28.8. The van der Waals surface area contributed by atoms with Crippen LogP contribution in [0.1, 0.15) is 17.4 Å². The lowest BCUT2D eigenvalue weighted by atomic mass is 10.0. The maximum absolute atomic E-state index is 13.8.